The first kappa shape index (κ1) is 20.6. The van der Waals surface area contributed by atoms with Crippen LogP contribution in [0.1, 0.15) is 42.2 Å². The molecule has 0 saturated heterocycles. The summed E-state index contributed by atoms with van der Waals surface area (Å²) in [7, 11) is 0. The molecule has 0 saturated carbocycles. The van der Waals surface area contributed by atoms with Crippen molar-refractivity contribution in [3.8, 4) is 11.4 Å². The number of hydrogen-bond acceptors (Lipinski definition) is 7. The van der Waals surface area contributed by atoms with Gasteiger partial charge in [0.25, 0.3) is 0 Å². The molecule has 8 heteroatoms. The monoisotopic (exact) mass is 395 g/mol. The summed E-state index contributed by atoms with van der Waals surface area (Å²) in [5.74, 6) is 0.726. The molecule has 0 radical (unpaired) electrons. The summed E-state index contributed by atoms with van der Waals surface area (Å²) < 4.78 is 7.20. The molecule has 0 bridgehead atoms. The molecule has 29 heavy (non-hydrogen) atoms. The van der Waals surface area contributed by atoms with Gasteiger partial charge >= 0.3 is 0 Å². The number of carbonyl (C=O) groups is 1. The number of hydrogen-bond donors (Lipinski definition) is 2. The molecule has 0 fully saturated rings. The highest BCUT2D eigenvalue weighted by Gasteiger charge is 2.11. The number of aliphatic hydroxyl groups excluding tert-OH is 1. The van der Waals surface area contributed by atoms with Gasteiger partial charge in [0.1, 0.15) is 24.8 Å². The van der Waals surface area contributed by atoms with Crippen molar-refractivity contribution >= 4 is 5.78 Å². The summed E-state index contributed by atoms with van der Waals surface area (Å²) >= 11 is 0. The number of Topliss-reactive ketones (excluding diaryl/α,β-unsaturated/α-hetero) is 1. The van der Waals surface area contributed by atoms with Gasteiger partial charge in [-0.25, -0.2) is 4.68 Å². The Bertz CT molecular complexity index is 895. The van der Waals surface area contributed by atoms with E-state index in [1.165, 1.54) is 0 Å². The molecule has 0 spiro atoms. The van der Waals surface area contributed by atoms with Crippen LogP contribution in [-0.2, 0) is 0 Å². The highest BCUT2D eigenvalue weighted by atomic mass is 16.5. The molecular weight excluding hydrogens is 370 g/mol. The number of nitrogens with one attached hydrogen (secondary N) is 1. The third-order valence-corrected chi connectivity index (χ3v) is 4.61. The third-order valence-electron chi connectivity index (χ3n) is 4.61. The fourth-order valence-electron chi connectivity index (χ4n) is 2.82. The number of benzene rings is 2. The van der Waals surface area contributed by atoms with Gasteiger partial charge in [-0.2, -0.15) is 0 Å². The van der Waals surface area contributed by atoms with E-state index >= 15 is 0 Å². The number of carbonyl (C=O) groups excluding carboxylic acids is 1. The Kier molecular flexibility index (Phi) is 7.04. The fraction of sp³-hybridized carbons (Fsp3) is 0.333. The summed E-state index contributed by atoms with van der Waals surface area (Å²) in [6, 6.07) is 14.9. The molecule has 152 valence electrons. The molecule has 2 N–H and O–H groups in total. The minimum atomic E-state index is -0.658. The molecule has 0 aliphatic rings. The minimum absolute atomic E-state index is 0.0620. The fourth-order valence-corrected chi connectivity index (χ4v) is 2.82. The highest BCUT2D eigenvalue weighted by molar-refractivity contribution is 5.95. The van der Waals surface area contributed by atoms with E-state index in [2.05, 4.69) is 20.8 Å². The molecule has 3 aromatic rings. The highest BCUT2D eigenvalue weighted by Crippen LogP contribution is 2.16. The van der Waals surface area contributed by atoms with E-state index in [1.54, 1.807) is 35.3 Å². The molecule has 0 aliphatic carbocycles. The van der Waals surface area contributed by atoms with Crippen molar-refractivity contribution in [2.45, 2.75) is 32.4 Å². The van der Waals surface area contributed by atoms with E-state index in [-0.39, 0.29) is 18.4 Å². The van der Waals surface area contributed by atoms with Crippen molar-refractivity contribution in [1.29, 1.82) is 0 Å². The van der Waals surface area contributed by atoms with Gasteiger partial charge < -0.3 is 15.2 Å². The normalized spacial score (nSPS) is 13.1. The molecule has 0 aliphatic heterocycles. The largest absolute Gasteiger partial charge is 0.491 e. The summed E-state index contributed by atoms with van der Waals surface area (Å²) in [6.45, 7) is 4.42. The molecule has 2 aromatic carbocycles. The number of tetrazole rings is 1. The van der Waals surface area contributed by atoms with E-state index < -0.39 is 6.10 Å². The van der Waals surface area contributed by atoms with E-state index in [4.69, 9.17) is 4.74 Å². The minimum Gasteiger partial charge on any atom is -0.491 e. The van der Waals surface area contributed by atoms with Crippen molar-refractivity contribution in [2.75, 3.05) is 13.2 Å². The maximum absolute atomic E-state index is 11.6. The van der Waals surface area contributed by atoms with Crippen LogP contribution in [0.4, 0.5) is 0 Å². The zero-order chi connectivity index (χ0) is 20.6. The predicted octanol–water partition coefficient (Wildman–Crippen LogP) is 2.35. The second-order valence-electron chi connectivity index (χ2n) is 6.74. The van der Waals surface area contributed by atoms with Gasteiger partial charge in [-0.1, -0.05) is 19.1 Å². The summed E-state index contributed by atoms with van der Waals surface area (Å²) in [5.41, 5.74) is 2.64. The topological polar surface area (TPSA) is 102 Å². The number of ketones is 1. The Morgan fingerprint density at radius 1 is 1.17 bits per heavy atom. The average molecular weight is 395 g/mol. The Labute approximate surface area is 169 Å². The molecule has 2 atom stereocenters. The van der Waals surface area contributed by atoms with Crippen LogP contribution in [0.5, 0.6) is 5.75 Å². The second kappa shape index (κ2) is 9.90. The van der Waals surface area contributed by atoms with Crippen molar-refractivity contribution in [3.63, 3.8) is 0 Å². The van der Waals surface area contributed by atoms with Gasteiger partial charge in [0.05, 0.1) is 5.69 Å². The van der Waals surface area contributed by atoms with Crippen LogP contribution < -0.4 is 10.1 Å². The molecule has 1 heterocycles. The Hall–Kier alpha value is -3.10. The SMILES string of the molecule is CCC(=O)c1ccc(OCC(O)CNC(C)c2ccc(-n3cnnn3)cc2)cc1. The van der Waals surface area contributed by atoms with Crippen LogP contribution in [0, 0.1) is 0 Å². The van der Waals surface area contributed by atoms with Gasteiger partial charge in [-0.3, -0.25) is 4.79 Å². The Balaban J connectivity index is 1.44. The summed E-state index contributed by atoms with van der Waals surface area (Å²) in [5, 5.41) is 24.6. The lowest BCUT2D eigenvalue weighted by Gasteiger charge is -2.18. The van der Waals surface area contributed by atoms with Gasteiger partial charge in [0.2, 0.25) is 0 Å². The van der Waals surface area contributed by atoms with Crippen molar-refractivity contribution in [3.05, 3.63) is 66.0 Å². The van der Waals surface area contributed by atoms with Crippen molar-refractivity contribution in [1.82, 2.24) is 25.5 Å². The molecule has 2 unspecified atom stereocenters. The molecule has 8 nitrogen and oxygen atoms in total. The summed E-state index contributed by atoms with van der Waals surface area (Å²) in [4.78, 5) is 11.6. The van der Waals surface area contributed by atoms with Crippen LogP contribution in [0.25, 0.3) is 5.69 Å². The number of nitrogens with zero attached hydrogens (tertiary/aromatic N) is 4. The number of ether oxygens (including phenoxy) is 1. The zero-order valence-corrected chi connectivity index (χ0v) is 16.5. The predicted molar refractivity (Wildman–Crippen MR) is 108 cm³/mol. The zero-order valence-electron chi connectivity index (χ0n) is 16.5. The third kappa shape index (κ3) is 5.69. The van der Waals surface area contributed by atoms with Crippen LogP contribution in [0.15, 0.2) is 54.9 Å². The van der Waals surface area contributed by atoms with Crippen LogP contribution in [-0.4, -0.2) is 50.4 Å². The van der Waals surface area contributed by atoms with Crippen LogP contribution in [0.3, 0.4) is 0 Å². The molecular formula is C21H25N5O3. The number of aliphatic hydroxyl groups is 1. The van der Waals surface area contributed by atoms with Crippen molar-refractivity contribution in [2.24, 2.45) is 0 Å². The maximum Gasteiger partial charge on any atom is 0.162 e. The lowest BCUT2D eigenvalue weighted by atomic mass is 10.1. The number of aromatic nitrogens is 4. The summed E-state index contributed by atoms with van der Waals surface area (Å²) in [6.07, 6.45) is 1.36. The lowest BCUT2D eigenvalue weighted by molar-refractivity contribution is 0.0986. The standard InChI is InChI=1S/C21H25N5O3/c1-3-21(28)17-6-10-20(11-7-17)29-13-19(27)12-22-15(2)16-4-8-18(9-5-16)26-14-23-24-25-26/h4-11,14-15,19,22,27H,3,12-13H2,1-2H3. The smallest absolute Gasteiger partial charge is 0.162 e. The van der Waals surface area contributed by atoms with Gasteiger partial charge in [0, 0.05) is 24.6 Å². The van der Waals surface area contributed by atoms with E-state index in [9.17, 15) is 9.90 Å². The van der Waals surface area contributed by atoms with Crippen molar-refractivity contribution < 1.29 is 14.6 Å². The van der Waals surface area contributed by atoms with E-state index in [0.29, 0.717) is 24.3 Å². The van der Waals surface area contributed by atoms with Gasteiger partial charge in [-0.05, 0) is 59.3 Å². The first-order chi connectivity index (χ1) is 14.1. The average Bonchev–Trinajstić information content (AvgIpc) is 3.31. The first-order valence-corrected chi connectivity index (χ1v) is 9.57. The number of rotatable bonds is 10. The maximum atomic E-state index is 11.6. The van der Waals surface area contributed by atoms with Crippen LogP contribution >= 0.6 is 0 Å². The molecule has 3 rings (SSSR count). The lowest BCUT2D eigenvalue weighted by Crippen LogP contribution is -2.33. The first-order valence-electron chi connectivity index (χ1n) is 9.57. The Morgan fingerprint density at radius 3 is 2.52 bits per heavy atom. The van der Waals surface area contributed by atoms with Gasteiger partial charge in [-0.15, -0.1) is 5.10 Å². The van der Waals surface area contributed by atoms with Gasteiger partial charge in [0.15, 0.2) is 5.78 Å². The second-order valence-corrected chi connectivity index (χ2v) is 6.74. The Morgan fingerprint density at radius 2 is 1.90 bits per heavy atom. The molecule has 0 amide bonds. The van der Waals surface area contributed by atoms with Crippen LogP contribution in [0.2, 0.25) is 0 Å². The quantitative estimate of drug-likeness (QED) is 0.508. The van der Waals surface area contributed by atoms with E-state index in [1.807, 2.05) is 38.1 Å². The van der Waals surface area contributed by atoms with E-state index in [0.717, 1.165) is 11.3 Å². The molecule has 1 aromatic heterocycles.